The maximum absolute atomic E-state index is 2.30. The average Bonchev–Trinajstić information content (AvgIpc) is 2.16. The molecule has 0 fully saturated rings. The molecule has 13 heavy (non-hydrogen) atoms. The third-order valence-corrected chi connectivity index (χ3v) is 3.42. The van der Waals surface area contributed by atoms with Crippen molar-refractivity contribution in [2.45, 2.75) is 58.8 Å². The van der Waals surface area contributed by atoms with Gasteiger partial charge in [0.25, 0.3) is 0 Å². The van der Waals surface area contributed by atoms with E-state index in [4.69, 9.17) is 0 Å². The maximum Gasteiger partial charge on any atom is -0.0319 e. The fraction of sp³-hybridized carbons (Fsp3) is 0.833. The highest BCUT2D eigenvalue weighted by atomic mass is 31.1. The monoisotopic (exact) mass is 200 g/mol. The van der Waals surface area contributed by atoms with Crippen molar-refractivity contribution in [2.24, 2.45) is 0 Å². The van der Waals surface area contributed by atoms with Gasteiger partial charge in [-0.25, -0.2) is 0 Å². The van der Waals surface area contributed by atoms with Crippen molar-refractivity contribution in [3.8, 4) is 0 Å². The lowest BCUT2D eigenvalue weighted by Gasteiger charge is -1.99. The summed E-state index contributed by atoms with van der Waals surface area (Å²) in [4.78, 5) is 0. The molecule has 0 aliphatic carbocycles. The largest absolute Gasteiger partial charge is 0.0988 e. The molecule has 1 atom stereocenters. The Morgan fingerprint density at radius 1 is 0.923 bits per heavy atom. The summed E-state index contributed by atoms with van der Waals surface area (Å²) in [7, 11) is 1.06. The third-order valence-electron chi connectivity index (χ3n) is 2.21. The van der Waals surface area contributed by atoms with E-state index < -0.39 is 0 Å². The summed E-state index contributed by atoms with van der Waals surface area (Å²) < 4.78 is 0. The highest BCUT2D eigenvalue weighted by Crippen LogP contribution is 2.15. The lowest BCUT2D eigenvalue weighted by molar-refractivity contribution is 0.603. The minimum atomic E-state index is 1.06. The Morgan fingerprint density at radius 2 is 1.54 bits per heavy atom. The third kappa shape index (κ3) is 12.2. The van der Waals surface area contributed by atoms with Crippen LogP contribution in [0.4, 0.5) is 0 Å². The second-order valence-electron chi connectivity index (χ2n) is 3.58. The van der Waals surface area contributed by atoms with Gasteiger partial charge in [-0.15, -0.1) is 0 Å². The first-order chi connectivity index (χ1) is 6.41. The maximum atomic E-state index is 2.30. The van der Waals surface area contributed by atoms with Gasteiger partial charge in [-0.3, -0.25) is 0 Å². The van der Waals surface area contributed by atoms with Gasteiger partial charge in [-0.2, -0.15) is 0 Å². The average molecular weight is 200 g/mol. The normalized spacial score (nSPS) is 12.2. The Hall–Kier alpha value is 0.170. The van der Waals surface area contributed by atoms with Crippen molar-refractivity contribution in [2.75, 3.05) is 6.16 Å². The minimum absolute atomic E-state index is 1.06. The molecule has 0 aromatic rings. The van der Waals surface area contributed by atoms with Gasteiger partial charge >= 0.3 is 0 Å². The summed E-state index contributed by atoms with van der Waals surface area (Å²) in [5.74, 6) is 2.30. The van der Waals surface area contributed by atoms with E-state index in [0.29, 0.717) is 0 Å². The van der Waals surface area contributed by atoms with Crippen molar-refractivity contribution in [1.82, 2.24) is 0 Å². The highest BCUT2D eigenvalue weighted by Gasteiger charge is 1.89. The van der Waals surface area contributed by atoms with Crippen LogP contribution in [0.5, 0.6) is 0 Å². The van der Waals surface area contributed by atoms with Crippen molar-refractivity contribution >= 4 is 8.58 Å². The second kappa shape index (κ2) is 12.2. The Bertz CT molecular complexity index is 108. The molecule has 0 saturated heterocycles. The van der Waals surface area contributed by atoms with Gasteiger partial charge in [0.15, 0.2) is 0 Å². The first-order valence-corrected chi connectivity index (χ1v) is 7.04. The van der Waals surface area contributed by atoms with Gasteiger partial charge in [-0.1, -0.05) is 65.9 Å². The molecular weight excluding hydrogens is 175 g/mol. The van der Waals surface area contributed by atoms with Crippen LogP contribution in [0, 0.1) is 0 Å². The van der Waals surface area contributed by atoms with Gasteiger partial charge in [0, 0.05) is 0 Å². The molecule has 78 valence electrons. The predicted octanol–water partition coefficient (Wildman–Crippen LogP) is 4.95. The van der Waals surface area contributed by atoms with E-state index in [9.17, 15) is 0 Å². The molecule has 0 radical (unpaired) electrons. The smallest absolute Gasteiger partial charge is 0.0319 e. The van der Waals surface area contributed by atoms with Gasteiger partial charge < -0.3 is 0 Å². The van der Waals surface area contributed by atoms with E-state index in [1.54, 1.807) is 0 Å². The summed E-state index contributed by atoms with van der Waals surface area (Å²) in [5, 5.41) is 0. The van der Waals surface area contributed by atoms with Crippen molar-refractivity contribution < 1.29 is 0 Å². The van der Waals surface area contributed by atoms with Gasteiger partial charge in [0.05, 0.1) is 0 Å². The standard InChI is InChI=1S/C12H25P/c1-3-5-6-7-8-9-10-12-13-11-4-2/h4,11,13H,3,5-10,12H2,1-2H3/b11-4-. The molecule has 0 N–H and O–H groups in total. The molecule has 0 spiro atoms. The summed E-state index contributed by atoms with van der Waals surface area (Å²) >= 11 is 0. The van der Waals surface area contributed by atoms with Gasteiger partial charge in [-0.05, 0) is 19.5 Å². The van der Waals surface area contributed by atoms with Gasteiger partial charge in [0.2, 0.25) is 0 Å². The Kier molecular flexibility index (Phi) is 12.3. The number of hydrogen-bond acceptors (Lipinski definition) is 0. The number of hydrogen-bond donors (Lipinski definition) is 0. The van der Waals surface area contributed by atoms with E-state index in [1.165, 1.54) is 51.1 Å². The summed E-state index contributed by atoms with van der Waals surface area (Å²) in [5.41, 5.74) is 0. The molecule has 1 unspecified atom stereocenters. The molecule has 0 rings (SSSR count). The molecule has 0 heterocycles. The molecule has 0 aliphatic heterocycles. The van der Waals surface area contributed by atoms with E-state index in [2.05, 4.69) is 25.7 Å². The van der Waals surface area contributed by atoms with Crippen LogP contribution >= 0.6 is 8.58 Å². The predicted molar refractivity (Wildman–Crippen MR) is 66.0 cm³/mol. The Labute approximate surface area is 86.0 Å². The summed E-state index contributed by atoms with van der Waals surface area (Å²) in [6, 6.07) is 0. The van der Waals surface area contributed by atoms with E-state index >= 15 is 0 Å². The Balaban J connectivity index is 2.83. The van der Waals surface area contributed by atoms with Crippen LogP contribution in [-0.4, -0.2) is 6.16 Å². The molecule has 0 nitrogen and oxygen atoms in total. The topological polar surface area (TPSA) is 0 Å². The van der Waals surface area contributed by atoms with Crippen LogP contribution in [0.1, 0.15) is 58.8 Å². The van der Waals surface area contributed by atoms with Crippen LogP contribution in [-0.2, 0) is 0 Å². The van der Waals surface area contributed by atoms with Crippen LogP contribution in [0.3, 0.4) is 0 Å². The molecule has 0 aromatic carbocycles. The van der Waals surface area contributed by atoms with Gasteiger partial charge in [0.1, 0.15) is 0 Å². The Morgan fingerprint density at radius 3 is 2.15 bits per heavy atom. The van der Waals surface area contributed by atoms with Crippen LogP contribution in [0.15, 0.2) is 11.9 Å². The zero-order valence-corrected chi connectivity index (χ0v) is 10.3. The fourth-order valence-corrected chi connectivity index (χ4v) is 2.24. The molecule has 0 bridgehead atoms. The highest BCUT2D eigenvalue weighted by molar-refractivity contribution is 7.41. The molecule has 1 heteroatoms. The SMILES string of the molecule is C/C=C\PCCCCCCCCC. The number of allylic oxidation sites excluding steroid dienone is 1. The van der Waals surface area contributed by atoms with E-state index in [-0.39, 0.29) is 0 Å². The molecule has 0 amide bonds. The summed E-state index contributed by atoms with van der Waals surface area (Å²) in [6.45, 7) is 4.38. The molecular formula is C12H25P. The first-order valence-electron chi connectivity index (χ1n) is 5.76. The lowest BCUT2D eigenvalue weighted by atomic mass is 10.1. The van der Waals surface area contributed by atoms with Crippen LogP contribution in [0.25, 0.3) is 0 Å². The molecule has 0 aliphatic rings. The molecule has 0 aromatic heterocycles. The second-order valence-corrected chi connectivity index (χ2v) is 4.82. The zero-order valence-electron chi connectivity index (χ0n) is 9.31. The van der Waals surface area contributed by atoms with Crippen molar-refractivity contribution in [3.05, 3.63) is 11.9 Å². The minimum Gasteiger partial charge on any atom is -0.0988 e. The van der Waals surface area contributed by atoms with Crippen molar-refractivity contribution in [3.63, 3.8) is 0 Å². The van der Waals surface area contributed by atoms with E-state index in [0.717, 1.165) is 8.58 Å². The van der Waals surface area contributed by atoms with E-state index in [1.807, 2.05) is 0 Å². The fourth-order valence-electron chi connectivity index (χ4n) is 1.39. The molecule has 0 saturated carbocycles. The zero-order chi connectivity index (χ0) is 9.78. The van der Waals surface area contributed by atoms with Crippen molar-refractivity contribution in [1.29, 1.82) is 0 Å². The lowest BCUT2D eigenvalue weighted by Crippen LogP contribution is -1.80. The number of rotatable bonds is 9. The van der Waals surface area contributed by atoms with Crippen LogP contribution in [0.2, 0.25) is 0 Å². The quantitative estimate of drug-likeness (QED) is 0.365. The van der Waals surface area contributed by atoms with Crippen LogP contribution < -0.4 is 0 Å². The first kappa shape index (κ1) is 13.2. The number of unbranched alkanes of at least 4 members (excludes halogenated alkanes) is 6. The summed E-state index contributed by atoms with van der Waals surface area (Å²) in [6.07, 6.45) is 13.6.